The van der Waals surface area contributed by atoms with Gasteiger partial charge in [-0.25, -0.2) is 9.18 Å². The molecule has 24 heavy (non-hydrogen) atoms. The van der Waals surface area contributed by atoms with Gasteiger partial charge in [-0.3, -0.25) is 0 Å². The second kappa shape index (κ2) is 7.83. The lowest BCUT2D eigenvalue weighted by Crippen LogP contribution is -2.55. The summed E-state index contributed by atoms with van der Waals surface area (Å²) in [5.74, 6) is -0.248. The van der Waals surface area contributed by atoms with Crippen molar-refractivity contribution in [2.45, 2.75) is 64.8 Å². The van der Waals surface area contributed by atoms with Crippen LogP contribution in [0.5, 0.6) is 0 Å². The Morgan fingerprint density at radius 1 is 1.46 bits per heavy atom. The van der Waals surface area contributed by atoms with Gasteiger partial charge in [0.05, 0.1) is 0 Å². The minimum Gasteiger partial charge on any atom is -0.444 e. The molecule has 1 aromatic carbocycles. The highest BCUT2D eigenvalue weighted by Gasteiger charge is 2.33. The van der Waals surface area contributed by atoms with Gasteiger partial charge in [-0.05, 0) is 64.3 Å². The molecule has 1 aliphatic heterocycles. The smallest absolute Gasteiger partial charge is 0.410 e. The first kappa shape index (κ1) is 19.2. The fourth-order valence-corrected chi connectivity index (χ4v) is 3.30. The maximum Gasteiger partial charge on any atom is 0.410 e. The zero-order valence-electron chi connectivity index (χ0n) is 14.7. The SMILES string of the molecule is CC1C(NCc2cc(F)ccc2Br)CCCN1C(=O)OC(C)(C)C. The van der Waals surface area contributed by atoms with E-state index in [4.69, 9.17) is 4.74 Å². The topological polar surface area (TPSA) is 41.6 Å². The molecule has 0 aromatic heterocycles. The molecule has 0 bridgehead atoms. The molecule has 1 heterocycles. The van der Waals surface area contributed by atoms with Crippen molar-refractivity contribution in [1.29, 1.82) is 0 Å². The fraction of sp³-hybridized carbons (Fsp3) is 0.611. The van der Waals surface area contributed by atoms with E-state index < -0.39 is 5.60 Å². The predicted octanol–water partition coefficient (Wildman–Crippen LogP) is 4.47. The van der Waals surface area contributed by atoms with Gasteiger partial charge in [0.1, 0.15) is 11.4 Å². The van der Waals surface area contributed by atoms with Gasteiger partial charge in [0.2, 0.25) is 0 Å². The summed E-state index contributed by atoms with van der Waals surface area (Å²) in [5.41, 5.74) is 0.375. The third kappa shape index (κ3) is 5.18. The van der Waals surface area contributed by atoms with Crippen LogP contribution in [0.3, 0.4) is 0 Å². The monoisotopic (exact) mass is 400 g/mol. The first-order valence-corrected chi connectivity index (χ1v) is 9.13. The molecule has 0 saturated carbocycles. The molecular formula is C18H26BrFN2O2. The predicted molar refractivity (Wildman–Crippen MR) is 96.4 cm³/mol. The molecule has 0 radical (unpaired) electrons. The Hall–Kier alpha value is -1.14. The summed E-state index contributed by atoms with van der Waals surface area (Å²) >= 11 is 3.45. The van der Waals surface area contributed by atoms with E-state index >= 15 is 0 Å². The standard InChI is InChI=1S/C18H26BrFN2O2/c1-12-16(21-11-13-10-14(20)7-8-15(13)19)6-5-9-22(12)17(23)24-18(2,3)4/h7-8,10,12,16,21H,5-6,9,11H2,1-4H3. The molecule has 1 aliphatic rings. The molecule has 2 rings (SSSR count). The van der Waals surface area contributed by atoms with Crippen molar-refractivity contribution in [2.24, 2.45) is 0 Å². The Morgan fingerprint density at radius 3 is 2.83 bits per heavy atom. The number of carbonyl (C=O) groups excluding carboxylic acids is 1. The average Bonchev–Trinajstić information content (AvgIpc) is 2.47. The van der Waals surface area contributed by atoms with Gasteiger partial charge in [0.25, 0.3) is 0 Å². The van der Waals surface area contributed by atoms with Crippen LogP contribution in [-0.4, -0.2) is 35.2 Å². The van der Waals surface area contributed by atoms with E-state index in [0.29, 0.717) is 13.1 Å². The zero-order valence-corrected chi connectivity index (χ0v) is 16.3. The van der Waals surface area contributed by atoms with Crippen molar-refractivity contribution in [3.63, 3.8) is 0 Å². The van der Waals surface area contributed by atoms with Gasteiger partial charge >= 0.3 is 6.09 Å². The number of hydrogen-bond acceptors (Lipinski definition) is 3. The molecule has 2 atom stereocenters. The molecule has 6 heteroatoms. The number of piperidine rings is 1. The third-order valence-electron chi connectivity index (χ3n) is 4.18. The van der Waals surface area contributed by atoms with E-state index in [1.54, 1.807) is 11.0 Å². The van der Waals surface area contributed by atoms with E-state index in [1.807, 2.05) is 27.7 Å². The zero-order chi connectivity index (χ0) is 17.9. The van der Waals surface area contributed by atoms with Gasteiger partial charge in [0.15, 0.2) is 0 Å². The maximum absolute atomic E-state index is 13.4. The van der Waals surface area contributed by atoms with Gasteiger partial charge in [-0.2, -0.15) is 0 Å². The Bertz CT molecular complexity index is 589. The summed E-state index contributed by atoms with van der Waals surface area (Å²) in [4.78, 5) is 14.1. The highest BCUT2D eigenvalue weighted by molar-refractivity contribution is 9.10. The van der Waals surface area contributed by atoms with Crippen LogP contribution in [-0.2, 0) is 11.3 Å². The van der Waals surface area contributed by atoms with Crippen molar-refractivity contribution in [3.8, 4) is 0 Å². The minimum atomic E-state index is -0.496. The lowest BCUT2D eigenvalue weighted by molar-refractivity contribution is 0.00698. The largest absolute Gasteiger partial charge is 0.444 e. The number of nitrogens with zero attached hydrogens (tertiary/aromatic N) is 1. The van der Waals surface area contributed by atoms with Crippen LogP contribution >= 0.6 is 15.9 Å². The van der Waals surface area contributed by atoms with E-state index in [9.17, 15) is 9.18 Å². The summed E-state index contributed by atoms with van der Waals surface area (Å²) in [5, 5.41) is 3.46. The number of likely N-dealkylation sites (tertiary alicyclic amines) is 1. The number of rotatable bonds is 3. The molecule has 1 saturated heterocycles. The summed E-state index contributed by atoms with van der Waals surface area (Å²) in [7, 11) is 0. The number of benzene rings is 1. The number of ether oxygens (including phenoxy) is 1. The molecule has 4 nitrogen and oxygen atoms in total. The van der Waals surface area contributed by atoms with Crippen molar-refractivity contribution >= 4 is 22.0 Å². The Labute approximate surface area is 151 Å². The molecule has 1 fully saturated rings. The Morgan fingerprint density at radius 2 is 2.17 bits per heavy atom. The first-order chi connectivity index (χ1) is 11.2. The van der Waals surface area contributed by atoms with Crippen LogP contribution < -0.4 is 5.32 Å². The normalized spacial score (nSPS) is 21.7. The molecule has 2 unspecified atom stereocenters. The van der Waals surface area contributed by atoms with Crippen LogP contribution in [0.2, 0.25) is 0 Å². The molecule has 1 aromatic rings. The Kier molecular flexibility index (Phi) is 6.26. The van der Waals surface area contributed by atoms with Gasteiger partial charge in [-0.1, -0.05) is 15.9 Å². The molecule has 0 spiro atoms. The van der Waals surface area contributed by atoms with Crippen molar-refractivity contribution in [2.75, 3.05) is 6.54 Å². The minimum absolute atomic E-state index is 0.0286. The second-order valence-electron chi connectivity index (χ2n) is 7.28. The number of amides is 1. The van der Waals surface area contributed by atoms with Crippen LogP contribution in [0.1, 0.15) is 46.1 Å². The molecule has 0 aliphatic carbocycles. The molecule has 134 valence electrons. The molecule has 1 amide bonds. The average molecular weight is 401 g/mol. The third-order valence-corrected chi connectivity index (χ3v) is 4.95. The van der Waals surface area contributed by atoms with Gasteiger partial charge in [-0.15, -0.1) is 0 Å². The lowest BCUT2D eigenvalue weighted by atomic mass is 9.97. The molecular weight excluding hydrogens is 375 g/mol. The summed E-state index contributed by atoms with van der Waals surface area (Å²) in [6.07, 6.45) is 1.63. The van der Waals surface area contributed by atoms with Crippen LogP contribution in [0, 0.1) is 5.82 Å². The summed E-state index contributed by atoms with van der Waals surface area (Å²) in [6.45, 7) is 8.90. The second-order valence-corrected chi connectivity index (χ2v) is 8.13. The number of nitrogens with one attached hydrogen (secondary N) is 1. The van der Waals surface area contributed by atoms with Crippen LogP contribution in [0.15, 0.2) is 22.7 Å². The van der Waals surface area contributed by atoms with E-state index in [1.165, 1.54) is 12.1 Å². The Balaban J connectivity index is 1.98. The van der Waals surface area contributed by atoms with Gasteiger partial charge in [0, 0.05) is 29.6 Å². The van der Waals surface area contributed by atoms with Crippen molar-refractivity contribution in [3.05, 3.63) is 34.1 Å². The number of halogens is 2. The highest BCUT2D eigenvalue weighted by Crippen LogP contribution is 2.22. The summed E-state index contributed by atoms with van der Waals surface area (Å²) in [6, 6.07) is 4.85. The highest BCUT2D eigenvalue weighted by atomic mass is 79.9. The fourth-order valence-electron chi connectivity index (χ4n) is 2.91. The van der Waals surface area contributed by atoms with E-state index in [-0.39, 0.29) is 24.0 Å². The molecule has 1 N–H and O–H groups in total. The van der Waals surface area contributed by atoms with Gasteiger partial charge < -0.3 is 15.0 Å². The van der Waals surface area contributed by atoms with Crippen LogP contribution in [0.4, 0.5) is 9.18 Å². The summed E-state index contributed by atoms with van der Waals surface area (Å²) < 4.78 is 19.8. The van der Waals surface area contributed by atoms with E-state index in [2.05, 4.69) is 21.2 Å². The lowest BCUT2D eigenvalue weighted by Gasteiger charge is -2.40. The van der Waals surface area contributed by atoms with Crippen molar-refractivity contribution < 1.29 is 13.9 Å². The van der Waals surface area contributed by atoms with E-state index in [0.717, 1.165) is 22.9 Å². The van der Waals surface area contributed by atoms with Crippen LogP contribution in [0.25, 0.3) is 0 Å². The maximum atomic E-state index is 13.4. The first-order valence-electron chi connectivity index (χ1n) is 8.34. The quantitative estimate of drug-likeness (QED) is 0.813. The number of carbonyl (C=O) groups is 1. The number of hydrogen-bond donors (Lipinski definition) is 1. The van der Waals surface area contributed by atoms with Crippen molar-refractivity contribution in [1.82, 2.24) is 10.2 Å².